The predicted octanol–water partition coefficient (Wildman–Crippen LogP) is 2.25. The highest BCUT2D eigenvalue weighted by molar-refractivity contribution is 5.82. The monoisotopic (exact) mass is 616 g/mol. The molecule has 4 N–H and O–H groups in total. The van der Waals surface area contributed by atoms with Gasteiger partial charge in [-0.15, -0.1) is 0 Å². The number of alkyl halides is 3. The Kier molecular flexibility index (Phi) is 10.2. The number of ether oxygens (including phenoxy) is 1. The molecule has 3 aliphatic heterocycles. The topological polar surface area (TPSA) is 103 Å². The van der Waals surface area contributed by atoms with E-state index in [1.807, 2.05) is 0 Å². The van der Waals surface area contributed by atoms with Gasteiger partial charge in [0.25, 0.3) is 0 Å². The van der Waals surface area contributed by atoms with E-state index in [2.05, 4.69) is 64.1 Å². The minimum Gasteiger partial charge on any atom is -0.542 e. The Morgan fingerprint density at radius 1 is 1.00 bits per heavy atom. The summed E-state index contributed by atoms with van der Waals surface area (Å²) >= 11 is 0. The molecule has 1 saturated carbocycles. The molecule has 44 heavy (non-hydrogen) atoms. The number of benzene rings is 2. The number of carboxylic acids is 1. The lowest BCUT2D eigenvalue weighted by Crippen LogP contribution is -2.83. The van der Waals surface area contributed by atoms with Gasteiger partial charge in [-0.05, 0) is 54.7 Å². The van der Waals surface area contributed by atoms with Gasteiger partial charge in [0.15, 0.2) is 0 Å². The molecule has 6 rings (SSSR count). The van der Waals surface area contributed by atoms with Crippen molar-refractivity contribution in [2.45, 2.75) is 81.5 Å². The van der Waals surface area contributed by atoms with Gasteiger partial charge in [-0.2, -0.15) is 13.2 Å². The maximum atomic E-state index is 14.7. The maximum absolute atomic E-state index is 14.7. The van der Waals surface area contributed by atoms with E-state index in [0.717, 1.165) is 57.7 Å². The number of carboxylic acid groups (broad SMARTS) is 1. The van der Waals surface area contributed by atoms with Crippen LogP contribution in [0.2, 0.25) is 0 Å². The first-order valence-electron chi connectivity index (χ1n) is 16.1. The van der Waals surface area contributed by atoms with E-state index in [1.54, 1.807) is 7.11 Å². The number of rotatable bonds is 4. The van der Waals surface area contributed by atoms with E-state index in [1.165, 1.54) is 48.8 Å². The van der Waals surface area contributed by atoms with Crippen LogP contribution in [-0.4, -0.2) is 62.3 Å². The molecule has 240 valence electrons. The molecule has 0 bridgehead atoms. The molecule has 10 heteroatoms. The van der Waals surface area contributed by atoms with Crippen molar-refractivity contribution in [3.8, 4) is 5.75 Å². The minimum atomic E-state index is -5.19. The molecular formula is C34H45F3N3O4+. The number of nitrogens with zero attached hydrogens (tertiary/aromatic N) is 1. The first-order valence-corrected chi connectivity index (χ1v) is 16.1. The molecule has 7 nitrogen and oxygen atoms in total. The van der Waals surface area contributed by atoms with Gasteiger partial charge < -0.3 is 30.2 Å². The van der Waals surface area contributed by atoms with Gasteiger partial charge in [-0.25, -0.2) is 0 Å². The molecule has 1 amide bonds. The van der Waals surface area contributed by atoms with Crippen LogP contribution in [-0.2, 0) is 21.5 Å². The number of halogens is 3. The molecule has 4 atom stereocenters. The smallest absolute Gasteiger partial charge is 0.430 e. The summed E-state index contributed by atoms with van der Waals surface area (Å²) in [6, 6.07) is 18.0. The quantitative estimate of drug-likeness (QED) is 0.550. The third-order valence-electron chi connectivity index (χ3n) is 10.5. The molecule has 1 spiro atoms. The van der Waals surface area contributed by atoms with Crippen LogP contribution in [0.25, 0.3) is 0 Å². The summed E-state index contributed by atoms with van der Waals surface area (Å²) in [5.74, 6) is -0.320. The number of methoxy groups -OCH3 is 1. The zero-order valence-corrected chi connectivity index (χ0v) is 25.5. The number of quaternary nitrogens is 2. The molecule has 1 unspecified atom stereocenters. The van der Waals surface area contributed by atoms with Crippen LogP contribution in [0.15, 0.2) is 48.5 Å². The first kappa shape index (κ1) is 32.3. The third kappa shape index (κ3) is 6.76. The average Bonchev–Trinajstić information content (AvgIpc) is 3.38. The zero-order chi connectivity index (χ0) is 31.3. The standard InChI is InChI=1S/C32H43N3O2.C2HF3O2/c1-37-30-14-8-13-27-26(30)20-33-17-16-32(27)22-34-21-28(32)31(36)35-18-15-25(23-9-4-2-5-10-23)19-29(35)24-11-6-3-7-12-24;3-2(4,5)1(6)7/h2,4-5,8-10,13-14,24-25,28-29,33-34H,3,6-7,11-12,15-22H2,1H3;(H,6,7)/p+1/t25-,28?,29+,32+;/m1./s1. The van der Waals surface area contributed by atoms with Crippen LogP contribution in [0, 0.1) is 11.8 Å². The summed E-state index contributed by atoms with van der Waals surface area (Å²) in [5, 5.41) is 13.6. The molecule has 3 heterocycles. The second-order valence-corrected chi connectivity index (χ2v) is 12.9. The molecule has 2 aromatic rings. The summed E-state index contributed by atoms with van der Waals surface area (Å²) in [7, 11) is 1.78. The van der Waals surface area contributed by atoms with Gasteiger partial charge in [0.1, 0.15) is 24.2 Å². The van der Waals surface area contributed by atoms with Crippen molar-refractivity contribution in [2.75, 3.05) is 33.3 Å². The zero-order valence-electron chi connectivity index (χ0n) is 25.5. The molecule has 0 aromatic heterocycles. The number of fused-ring (bicyclic) bond motifs is 2. The number of carbonyl (C=O) groups excluding carboxylic acids is 2. The first-order chi connectivity index (χ1) is 21.2. The van der Waals surface area contributed by atoms with E-state index < -0.39 is 12.1 Å². The normalized spacial score (nSPS) is 27.5. The van der Waals surface area contributed by atoms with E-state index in [9.17, 15) is 18.0 Å². The Bertz CT molecular complexity index is 1280. The van der Waals surface area contributed by atoms with Gasteiger partial charge >= 0.3 is 6.18 Å². The van der Waals surface area contributed by atoms with Gasteiger partial charge in [0.05, 0.1) is 37.7 Å². The highest BCUT2D eigenvalue weighted by Crippen LogP contribution is 2.45. The third-order valence-corrected chi connectivity index (χ3v) is 10.5. The van der Waals surface area contributed by atoms with Crippen molar-refractivity contribution in [1.29, 1.82) is 0 Å². The SMILES string of the molecule is COc1cccc2c1C[NH2+]CC[C@]21C[NH2+]CC1C(=O)N1CC[C@@H](c2ccccc2)C[C@H]1C1CCCCC1.O=C([O-])C(F)(F)F. The number of hydrogen-bond acceptors (Lipinski definition) is 4. The van der Waals surface area contributed by atoms with Crippen molar-refractivity contribution >= 4 is 11.9 Å². The largest absolute Gasteiger partial charge is 0.542 e. The van der Waals surface area contributed by atoms with Crippen LogP contribution >= 0.6 is 0 Å². The number of piperidine rings is 1. The van der Waals surface area contributed by atoms with E-state index in [-0.39, 0.29) is 11.3 Å². The fraction of sp³-hybridized carbons (Fsp3) is 0.588. The lowest BCUT2D eigenvalue weighted by molar-refractivity contribution is -0.671. The molecule has 4 aliphatic rings. The molecule has 2 saturated heterocycles. The van der Waals surface area contributed by atoms with Crippen LogP contribution in [0.3, 0.4) is 0 Å². The summed E-state index contributed by atoms with van der Waals surface area (Å²) in [6.45, 7) is 4.83. The predicted molar refractivity (Wildman–Crippen MR) is 156 cm³/mol. The number of hydrogen-bond donors (Lipinski definition) is 2. The van der Waals surface area contributed by atoms with Crippen molar-refractivity contribution in [1.82, 2.24) is 4.90 Å². The Balaban J connectivity index is 0.000000493. The van der Waals surface area contributed by atoms with Crippen LogP contribution in [0.4, 0.5) is 13.2 Å². The number of aliphatic carboxylic acids is 1. The fourth-order valence-electron chi connectivity index (χ4n) is 8.43. The average molecular weight is 617 g/mol. The molecular weight excluding hydrogens is 571 g/mol. The summed E-state index contributed by atoms with van der Waals surface area (Å²) < 4.78 is 37.4. The molecule has 1 aliphatic carbocycles. The van der Waals surface area contributed by atoms with Gasteiger partial charge in [0.2, 0.25) is 5.91 Å². The van der Waals surface area contributed by atoms with E-state index >= 15 is 0 Å². The van der Waals surface area contributed by atoms with Gasteiger partial charge in [-0.3, -0.25) is 4.79 Å². The van der Waals surface area contributed by atoms with Crippen LogP contribution in [0.5, 0.6) is 5.75 Å². The lowest BCUT2D eigenvalue weighted by atomic mass is 9.67. The molecule has 3 fully saturated rings. The van der Waals surface area contributed by atoms with E-state index in [0.29, 0.717) is 23.8 Å². The van der Waals surface area contributed by atoms with Crippen molar-refractivity contribution < 1.29 is 43.2 Å². The van der Waals surface area contributed by atoms with E-state index in [4.69, 9.17) is 14.6 Å². The maximum Gasteiger partial charge on any atom is 0.430 e. The Morgan fingerprint density at radius 2 is 1.73 bits per heavy atom. The summed E-state index contributed by atoms with van der Waals surface area (Å²) in [4.78, 5) is 25.9. The fourth-order valence-corrected chi connectivity index (χ4v) is 8.43. The van der Waals surface area contributed by atoms with Crippen LogP contribution in [0.1, 0.15) is 74.0 Å². The highest BCUT2D eigenvalue weighted by atomic mass is 19.4. The number of nitrogens with two attached hydrogens (primary N) is 2. The minimum absolute atomic E-state index is 0.0456. The summed E-state index contributed by atoms with van der Waals surface area (Å²) in [6.07, 6.45) is 4.65. The van der Waals surface area contributed by atoms with Crippen molar-refractivity contribution in [3.63, 3.8) is 0 Å². The number of amides is 1. The Morgan fingerprint density at radius 3 is 2.41 bits per heavy atom. The lowest BCUT2D eigenvalue weighted by Gasteiger charge is -2.46. The van der Waals surface area contributed by atoms with Gasteiger partial charge in [-0.1, -0.05) is 61.7 Å². The van der Waals surface area contributed by atoms with Crippen molar-refractivity contribution in [2.24, 2.45) is 11.8 Å². The van der Waals surface area contributed by atoms with Crippen molar-refractivity contribution in [3.05, 3.63) is 65.2 Å². The highest BCUT2D eigenvalue weighted by Gasteiger charge is 2.55. The number of likely N-dealkylation sites (tertiary alicyclic amines) is 1. The summed E-state index contributed by atoms with van der Waals surface area (Å²) in [5.41, 5.74) is 4.05. The second kappa shape index (κ2) is 13.9. The molecule has 2 aromatic carbocycles. The number of carbonyl (C=O) groups is 2. The Labute approximate surface area is 257 Å². The van der Waals surface area contributed by atoms with Gasteiger partial charge in [0, 0.05) is 19.0 Å². The Hall–Kier alpha value is -3.11. The molecule has 0 radical (unpaired) electrons. The second-order valence-electron chi connectivity index (χ2n) is 12.9. The van der Waals surface area contributed by atoms with Crippen LogP contribution < -0.4 is 20.5 Å².